The number of carbonyl (C=O) groups is 1. The van der Waals surface area contributed by atoms with E-state index in [-0.39, 0.29) is 12.4 Å². The van der Waals surface area contributed by atoms with Crippen molar-refractivity contribution in [2.24, 2.45) is 0 Å². The smallest absolute Gasteiger partial charge is 0.171 e. The maximum Gasteiger partial charge on any atom is 0.171 e. The highest BCUT2D eigenvalue weighted by atomic mass is 79.9. The van der Waals surface area contributed by atoms with Gasteiger partial charge in [-0.05, 0) is 24.3 Å². The van der Waals surface area contributed by atoms with E-state index < -0.39 is 5.82 Å². The highest BCUT2D eigenvalue weighted by Gasteiger charge is 2.10. The lowest BCUT2D eigenvalue weighted by Gasteiger charge is -2.11. The first-order valence-corrected chi connectivity index (χ1v) is 6.64. The molecule has 2 aromatic carbocycles. The zero-order chi connectivity index (χ0) is 14.5. The summed E-state index contributed by atoms with van der Waals surface area (Å²) in [5, 5.41) is 0. The fourth-order valence-corrected chi connectivity index (χ4v) is 2.10. The number of ether oxygens (including phenoxy) is 2. The van der Waals surface area contributed by atoms with Crippen LogP contribution in [0.5, 0.6) is 11.5 Å². The molecule has 0 saturated heterocycles. The van der Waals surface area contributed by atoms with Crippen LogP contribution in [-0.2, 0) is 6.61 Å². The second-order valence-corrected chi connectivity index (χ2v) is 4.94. The molecule has 0 radical (unpaired) electrons. The summed E-state index contributed by atoms with van der Waals surface area (Å²) in [4.78, 5) is 11.0. The van der Waals surface area contributed by atoms with E-state index >= 15 is 0 Å². The van der Waals surface area contributed by atoms with Gasteiger partial charge in [0.05, 0.1) is 12.7 Å². The van der Waals surface area contributed by atoms with E-state index in [2.05, 4.69) is 15.9 Å². The number of hydrogen-bond acceptors (Lipinski definition) is 3. The molecule has 0 aliphatic heterocycles. The summed E-state index contributed by atoms with van der Waals surface area (Å²) in [5.74, 6) is 0.114. The van der Waals surface area contributed by atoms with E-state index in [1.54, 1.807) is 30.3 Å². The van der Waals surface area contributed by atoms with Crippen LogP contribution in [0.4, 0.5) is 4.39 Å². The minimum Gasteiger partial charge on any atom is -0.494 e. The third-order valence-corrected chi connectivity index (χ3v) is 3.24. The number of benzene rings is 2. The Balaban J connectivity index is 2.19. The normalized spacial score (nSPS) is 10.2. The molecule has 5 heteroatoms. The summed E-state index contributed by atoms with van der Waals surface area (Å²) in [6.07, 6.45) is 0.696. The topological polar surface area (TPSA) is 35.5 Å². The number of hydrogen-bond donors (Lipinski definition) is 0. The lowest BCUT2D eigenvalue weighted by molar-refractivity contribution is 0.111. The third-order valence-electron chi connectivity index (χ3n) is 2.75. The molecule has 0 unspecified atom stereocenters. The molecule has 2 rings (SSSR count). The highest BCUT2D eigenvalue weighted by Crippen LogP contribution is 2.25. The van der Waals surface area contributed by atoms with Crippen molar-refractivity contribution in [1.82, 2.24) is 0 Å². The summed E-state index contributed by atoms with van der Waals surface area (Å²) in [7, 11) is 1.41. The molecular formula is C15H12BrFO3. The van der Waals surface area contributed by atoms with Gasteiger partial charge in [-0.3, -0.25) is 4.79 Å². The van der Waals surface area contributed by atoms with Crippen molar-refractivity contribution in [3.63, 3.8) is 0 Å². The van der Waals surface area contributed by atoms with Crippen molar-refractivity contribution in [3.8, 4) is 11.5 Å². The molecule has 3 nitrogen and oxygen atoms in total. The van der Waals surface area contributed by atoms with E-state index in [0.717, 1.165) is 4.47 Å². The Hall–Kier alpha value is -1.88. The van der Waals surface area contributed by atoms with Crippen LogP contribution in [0.2, 0.25) is 0 Å². The number of rotatable bonds is 5. The second-order valence-electron chi connectivity index (χ2n) is 4.02. The SMILES string of the molecule is COc1cccc(COc2ccc(Br)cc2C=O)c1F. The van der Waals surface area contributed by atoms with E-state index in [0.29, 0.717) is 23.2 Å². The number of methoxy groups -OCH3 is 1. The summed E-state index contributed by atoms with van der Waals surface area (Å²) in [6, 6.07) is 9.88. The molecule has 0 fully saturated rings. The van der Waals surface area contributed by atoms with Gasteiger partial charge in [0.1, 0.15) is 12.4 Å². The first-order valence-electron chi connectivity index (χ1n) is 5.84. The standard InChI is InChI=1S/C15H12BrFO3/c1-19-14-4-2-3-10(15(14)17)9-20-13-6-5-12(16)7-11(13)8-18/h2-8H,9H2,1H3. The van der Waals surface area contributed by atoms with Gasteiger partial charge in [-0.2, -0.15) is 0 Å². The Morgan fingerprint density at radius 1 is 1.25 bits per heavy atom. The Kier molecular flexibility index (Phi) is 4.74. The Labute approximate surface area is 124 Å². The monoisotopic (exact) mass is 338 g/mol. The van der Waals surface area contributed by atoms with Gasteiger partial charge in [0.15, 0.2) is 17.9 Å². The summed E-state index contributed by atoms with van der Waals surface area (Å²) in [6.45, 7) is 0.0194. The molecule has 0 aromatic heterocycles. The molecule has 0 aliphatic carbocycles. The number of halogens is 2. The van der Waals surface area contributed by atoms with Gasteiger partial charge in [0.25, 0.3) is 0 Å². The third kappa shape index (κ3) is 3.17. The van der Waals surface area contributed by atoms with Gasteiger partial charge in [-0.25, -0.2) is 4.39 Å². The van der Waals surface area contributed by atoms with Crippen LogP contribution < -0.4 is 9.47 Å². The predicted molar refractivity (Wildman–Crippen MR) is 76.8 cm³/mol. The minimum absolute atomic E-state index is 0.0194. The zero-order valence-corrected chi connectivity index (χ0v) is 12.3. The molecule has 104 valence electrons. The predicted octanol–water partition coefficient (Wildman–Crippen LogP) is 3.99. The molecule has 0 spiro atoms. The molecule has 0 N–H and O–H groups in total. The lowest BCUT2D eigenvalue weighted by Crippen LogP contribution is -2.02. The fraction of sp³-hybridized carbons (Fsp3) is 0.133. The minimum atomic E-state index is -0.459. The van der Waals surface area contributed by atoms with Crippen LogP contribution in [0.1, 0.15) is 15.9 Å². The van der Waals surface area contributed by atoms with Crippen LogP contribution in [0.15, 0.2) is 40.9 Å². The molecule has 0 heterocycles. The summed E-state index contributed by atoms with van der Waals surface area (Å²) >= 11 is 3.27. The molecule has 0 bridgehead atoms. The molecule has 20 heavy (non-hydrogen) atoms. The number of carbonyl (C=O) groups excluding carboxylic acids is 1. The van der Waals surface area contributed by atoms with Gasteiger partial charge in [-0.15, -0.1) is 0 Å². The Morgan fingerprint density at radius 2 is 2.05 bits per heavy atom. The van der Waals surface area contributed by atoms with Gasteiger partial charge in [-0.1, -0.05) is 28.1 Å². The second kappa shape index (κ2) is 6.52. The van der Waals surface area contributed by atoms with Crippen LogP contribution >= 0.6 is 15.9 Å². The maximum absolute atomic E-state index is 13.9. The van der Waals surface area contributed by atoms with E-state index in [1.165, 1.54) is 13.2 Å². The Morgan fingerprint density at radius 3 is 2.75 bits per heavy atom. The van der Waals surface area contributed by atoms with Crippen LogP contribution in [0.25, 0.3) is 0 Å². The van der Waals surface area contributed by atoms with Crippen LogP contribution in [-0.4, -0.2) is 13.4 Å². The largest absolute Gasteiger partial charge is 0.494 e. The quantitative estimate of drug-likeness (QED) is 0.773. The first-order chi connectivity index (χ1) is 9.65. The zero-order valence-electron chi connectivity index (χ0n) is 10.7. The average molecular weight is 339 g/mol. The van der Waals surface area contributed by atoms with Gasteiger partial charge >= 0.3 is 0 Å². The van der Waals surface area contributed by atoms with Crippen molar-refractivity contribution in [2.75, 3.05) is 7.11 Å². The Bertz CT molecular complexity index is 629. The number of aldehydes is 1. The lowest BCUT2D eigenvalue weighted by atomic mass is 10.2. The van der Waals surface area contributed by atoms with Crippen molar-refractivity contribution < 1.29 is 18.7 Å². The highest BCUT2D eigenvalue weighted by molar-refractivity contribution is 9.10. The van der Waals surface area contributed by atoms with Crippen molar-refractivity contribution >= 4 is 22.2 Å². The molecule has 0 saturated carbocycles. The van der Waals surface area contributed by atoms with E-state index in [9.17, 15) is 9.18 Å². The molecule has 0 amide bonds. The van der Waals surface area contributed by atoms with Gasteiger partial charge in [0.2, 0.25) is 0 Å². The van der Waals surface area contributed by atoms with Crippen LogP contribution in [0.3, 0.4) is 0 Å². The van der Waals surface area contributed by atoms with E-state index in [1.807, 2.05) is 0 Å². The maximum atomic E-state index is 13.9. The average Bonchev–Trinajstić information content (AvgIpc) is 2.47. The van der Waals surface area contributed by atoms with Crippen molar-refractivity contribution in [1.29, 1.82) is 0 Å². The first kappa shape index (κ1) is 14.5. The van der Waals surface area contributed by atoms with Gasteiger partial charge < -0.3 is 9.47 Å². The van der Waals surface area contributed by atoms with Gasteiger partial charge in [0, 0.05) is 10.0 Å². The summed E-state index contributed by atoms with van der Waals surface area (Å²) in [5.41, 5.74) is 0.770. The van der Waals surface area contributed by atoms with E-state index in [4.69, 9.17) is 9.47 Å². The fourth-order valence-electron chi connectivity index (χ4n) is 1.72. The van der Waals surface area contributed by atoms with Crippen LogP contribution in [0, 0.1) is 5.82 Å². The van der Waals surface area contributed by atoms with Crippen molar-refractivity contribution in [3.05, 3.63) is 57.8 Å². The summed E-state index contributed by atoms with van der Waals surface area (Å²) < 4.78 is 25.1. The molecular weight excluding hydrogens is 327 g/mol. The molecule has 2 aromatic rings. The molecule has 0 atom stereocenters. The van der Waals surface area contributed by atoms with Crippen molar-refractivity contribution in [2.45, 2.75) is 6.61 Å². The molecule has 0 aliphatic rings.